The molecule has 3 fully saturated rings. The van der Waals surface area contributed by atoms with Crippen LogP contribution in [0.3, 0.4) is 0 Å². The molecule has 5 aromatic rings. The fraction of sp³-hybridized carbons (Fsp3) is 0.535. The number of hydrogen-bond acceptors (Lipinski definition) is 17. The van der Waals surface area contributed by atoms with Crippen molar-refractivity contribution in [1.82, 2.24) is 88.2 Å². The second kappa shape index (κ2) is 37.6. The maximum atomic E-state index is 15.2. The number of nitrogens with two attached hydrogens (primary N) is 1. The number of amides is 13. The number of aliphatic hydroxyl groups excluding tert-OH is 1. The van der Waals surface area contributed by atoms with E-state index < -0.39 is 180 Å². The topological polar surface area (TPSA) is 505 Å². The summed E-state index contributed by atoms with van der Waals surface area (Å²) in [7, 11) is 3.19. The van der Waals surface area contributed by atoms with Crippen molar-refractivity contribution in [1.29, 1.82) is 0 Å². The third-order valence-corrected chi connectivity index (χ3v) is 18.7. The van der Waals surface area contributed by atoms with Crippen molar-refractivity contribution in [3.8, 4) is 0 Å². The first-order valence-corrected chi connectivity index (χ1v) is 35.3. The van der Waals surface area contributed by atoms with Crippen LogP contribution in [-0.2, 0) is 86.4 Å². The zero-order valence-electron chi connectivity index (χ0n) is 60.6. The van der Waals surface area contributed by atoms with Gasteiger partial charge >= 0.3 is 5.97 Å². The lowest BCUT2D eigenvalue weighted by Gasteiger charge is -2.42. The Balaban J connectivity index is 1.25. The van der Waals surface area contributed by atoms with Crippen molar-refractivity contribution < 1.29 is 77.3 Å². The molecule has 34 nitrogen and oxygen atoms in total. The van der Waals surface area contributed by atoms with Gasteiger partial charge in [0.2, 0.25) is 76.8 Å². The first-order valence-electron chi connectivity index (χ1n) is 35.3. The second-order valence-corrected chi connectivity index (χ2v) is 27.9. The van der Waals surface area contributed by atoms with Gasteiger partial charge in [-0.25, -0.2) is 4.98 Å². The number of piperidine rings is 1. The Morgan fingerprint density at radius 2 is 1.18 bits per heavy atom. The summed E-state index contributed by atoms with van der Waals surface area (Å²) >= 11 is 0. The Labute approximate surface area is 606 Å². The predicted molar refractivity (Wildman–Crippen MR) is 383 cm³/mol. The van der Waals surface area contributed by atoms with Gasteiger partial charge in [0.05, 0.1) is 25.0 Å². The molecule has 13 amide bonds. The number of nitrogens with one attached hydrogen (secondary N) is 14. The fourth-order valence-corrected chi connectivity index (χ4v) is 12.8. The minimum absolute atomic E-state index is 0.00492. The molecule has 2 bridgehead atoms. The molecule has 2 aromatic carbocycles. The lowest BCUT2D eigenvalue weighted by atomic mass is 9.85. The second-order valence-electron chi connectivity index (χ2n) is 27.9. The van der Waals surface area contributed by atoms with Gasteiger partial charge in [-0.1, -0.05) is 77.4 Å². The highest BCUT2D eigenvalue weighted by molar-refractivity contribution is 6.01. The molecule has 3 aliphatic rings. The summed E-state index contributed by atoms with van der Waals surface area (Å²) in [4.78, 5) is 215. The summed E-state index contributed by atoms with van der Waals surface area (Å²) in [5.41, 5.74) is 6.57. The molecule has 0 spiro atoms. The number of hydrogen-bond donors (Lipinski definition) is 17. The van der Waals surface area contributed by atoms with E-state index in [0.717, 1.165) is 0 Å². The number of para-hydroxylation sites is 2. The molecule has 570 valence electrons. The van der Waals surface area contributed by atoms with E-state index in [1.165, 1.54) is 31.3 Å². The molecule has 105 heavy (non-hydrogen) atoms. The van der Waals surface area contributed by atoms with Crippen LogP contribution in [0, 0.1) is 11.8 Å². The molecule has 34 heteroatoms. The zero-order chi connectivity index (χ0) is 77.0. The van der Waals surface area contributed by atoms with Crippen LogP contribution in [-0.4, -0.2) is 229 Å². The van der Waals surface area contributed by atoms with Crippen LogP contribution in [0.25, 0.3) is 21.8 Å². The van der Waals surface area contributed by atoms with Gasteiger partial charge in [-0.05, 0) is 102 Å². The van der Waals surface area contributed by atoms with Crippen molar-refractivity contribution in [2.75, 3.05) is 33.7 Å². The number of primary amides is 1. The number of carbonyl (C=O) groups excluding carboxylic acids is 13. The summed E-state index contributed by atoms with van der Waals surface area (Å²) in [6.07, 6.45) is 2.05. The average molecular weight is 1460 g/mol. The Morgan fingerprint density at radius 1 is 0.648 bits per heavy atom. The molecule has 0 radical (unpaired) electrons. The maximum Gasteiger partial charge on any atom is 0.303 e. The normalized spacial score (nSPS) is 24.6. The van der Waals surface area contributed by atoms with E-state index in [-0.39, 0.29) is 83.2 Å². The number of imidazole rings is 1. The summed E-state index contributed by atoms with van der Waals surface area (Å²) in [5, 5.41) is 50.9. The van der Waals surface area contributed by atoms with E-state index in [1.54, 1.807) is 108 Å². The Morgan fingerprint density at radius 3 is 1.72 bits per heavy atom. The molecule has 18 N–H and O–H groups in total. The summed E-state index contributed by atoms with van der Waals surface area (Å²) < 4.78 is 0. The molecule has 3 saturated heterocycles. The number of aromatic amines is 3. The van der Waals surface area contributed by atoms with Crippen molar-refractivity contribution in [2.45, 2.75) is 198 Å². The molecular weight excluding hydrogens is 1360 g/mol. The minimum atomic E-state index is -1.97. The highest BCUT2D eigenvalue weighted by Crippen LogP contribution is 2.27. The minimum Gasteiger partial charge on any atom is -0.481 e. The molecule has 11 atom stereocenters. The van der Waals surface area contributed by atoms with Crippen molar-refractivity contribution in [3.05, 3.63) is 90.3 Å². The van der Waals surface area contributed by atoms with Crippen molar-refractivity contribution >= 4 is 105 Å². The van der Waals surface area contributed by atoms with Crippen LogP contribution >= 0.6 is 0 Å². The molecule has 6 heterocycles. The first kappa shape index (κ1) is 81.5. The number of carbonyl (C=O) groups is 14. The van der Waals surface area contributed by atoms with Crippen LogP contribution in [0.1, 0.15) is 123 Å². The standard InChI is InChI=1S/C71H100N18O16/c1-10-15-48-64(99)85-58(38(4)5)69(104)84-52(30-42-33-75-47-19-14-12-17-45(42)47)67(102)87-71(70(105)86-59(40(7)90)60(72)95)24-26-89(27-25-71)56(92)22-21-54(88(8)9)68(103)78-39(6)61(96)81-51(29-41-32-74-46-18-13-11-16-44(41)46)65(100)83-53(31-43-34-73-36-77-43)66(101)82-50(28-37(2)3)62(97)76-35-55(91)79-49(63(98)80-48)20-23-57(93)94/h11-14,16-19,32-34,36-40,48-54,58-59,74-75,90H,10,15,20-31,35H2,1-9H3,(H2,72,95)(H,73,77)(H,76,97)(H,78,103)(H,79,91)(H,80,98)(H,81,96)(H,82,101)(H,83,100)(H,84,104)(H,85,99)(H,86,105)(H,87,102)(H,93,94)/t39-,40?,48-,49-,50-,51-,52-,53-,54-,58?,59?/m0/s1. The number of likely N-dealkylation sites (N-methyl/N-ethyl adjacent to an activating group) is 1. The van der Waals surface area contributed by atoms with Gasteiger partial charge in [-0.2, -0.15) is 0 Å². The van der Waals surface area contributed by atoms with Crippen LogP contribution in [0.2, 0.25) is 0 Å². The lowest BCUT2D eigenvalue weighted by Crippen LogP contribution is -2.68. The Bertz CT molecular complexity index is 3930. The van der Waals surface area contributed by atoms with Gasteiger partial charge in [0.1, 0.15) is 59.9 Å². The Kier molecular flexibility index (Phi) is 29.2. The fourth-order valence-electron chi connectivity index (χ4n) is 12.8. The number of aromatic nitrogens is 4. The number of carboxylic acids is 1. The van der Waals surface area contributed by atoms with E-state index >= 15 is 4.79 Å². The molecular formula is C71H100N18O16. The molecule has 3 unspecified atom stereocenters. The number of fused-ring (bicyclic) bond motifs is 36. The van der Waals surface area contributed by atoms with Gasteiger partial charge in [0.25, 0.3) is 0 Å². The van der Waals surface area contributed by atoms with E-state index in [2.05, 4.69) is 78.4 Å². The number of H-pyrrole nitrogens is 3. The number of rotatable bonds is 19. The monoisotopic (exact) mass is 1460 g/mol. The quantitative estimate of drug-likeness (QED) is 0.0411. The molecule has 0 aliphatic carbocycles. The van der Waals surface area contributed by atoms with E-state index in [0.29, 0.717) is 38.6 Å². The molecule has 3 aromatic heterocycles. The zero-order valence-corrected chi connectivity index (χ0v) is 60.6. The lowest BCUT2D eigenvalue weighted by molar-refractivity contribution is -0.143. The first-order chi connectivity index (χ1) is 49.8. The van der Waals surface area contributed by atoms with Crippen LogP contribution in [0.15, 0.2) is 73.4 Å². The highest BCUT2D eigenvalue weighted by atomic mass is 16.4. The number of aliphatic carboxylic acids is 1. The van der Waals surface area contributed by atoms with Crippen LogP contribution < -0.4 is 64.2 Å². The third-order valence-electron chi connectivity index (χ3n) is 18.7. The van der Waals surface area contributed by atoms with Gasteiger partial charge in [-0.3, -0.25) is 72.0 Å². The largest absolute Gasteiger partial charge is 0.481 e. The maximum absolute atomic E-state index is 15.2. The number of aliphatic hydroxyl groups is 1. The molecule has 0 saturated carbocycles. The van der Waals surface area contributed by atoms with Gasteiger partial charge in [0, 0.05) is 91.3 Å². The van der Waals surface area contributed by atoms with E-state index in [4.69, 9.17) is 5.73 Å². The van der Waals surface area contributed by atoms with Gasteiger partial charge in [0.15, 0.2) is 0 Å². The molecule has 8 rings (SSSR count). The van der Waals surface area contributed by atoms with Gasteiger partial charge in [-0.15, -0.1) is 0 Å². The van der Waals surface area contributed by atoms with E-state index in [9.17, 15) is 72.5 Å². The molecule has 3 aliphatic heterocycles. The number of carboxylic acid groups (broad SMARTS) is 1. The van der Waals surface area contributed by atoms with E-state index in [1.807, 2.05) is 6.07 Å². The smallest absolute Gasteiger partial charge is 0.303 e. The van der Waals surface area contributed by atoms with Crippen molar-refractivity contribution in [3.63, 3.8) is 0 Å². The Hall–Kier alpha value is -10.8. The summed E-state index contributed by atoms with van der Waals surface area (Å²) in [5.74, 6) is -13.7. The SMILES string of the molecule is CCC[C@@H]1NC(=O)[C@H](CCC(=O)O)NC(=O)CNC(=O)[C@H](CC(C)C)NC(=O)[C@H](Cc2cnc[nH]2)NC(=O)[C@H](Cc2c[nH]c3ccccc23)NC(=O)[C@H](C)NC(=O)[C@@H](N(C)C)CCC(=O)N2CCC(C(=O)NC(C(N)=O)C(C)O)(CC2)NC(=O)[C@H](Cc2c[nH]c3ccccc23)NC(=O)C(C(C)C)NC1=O. The van der Waals surface area contributed by atoms with Crippen LogP contribution in [0.4, 0.5) is 0 Å². The number of benzene rings is 2. The summed E-state index contributed by atoms with van der Waals surface area (Å²) in [6, 6.07) is 0.00507. The van der Waals surface area contributed by atoms with Crippen LogP contribution in [0.5, 0.6) is 0 Å². The number of nitrogens with zero attached hydrogens (tertiary/aromatic N) is 3. The van der Waals surface area contributed by atoms with Crippen molar-refractivity contribution in [2.24, 2.45) is 17.6 Å². The third kappa shape index (κ3) is 22.6. The average Bonchev–Trinajstić information content (AvgIpc) is 1.63. The van der Waals surface area contributed by atoms with Gasteiger partial charge < -0.3 is 94.3 Å². The predicted octanol–water partition coefficient (Wildman–Crippen LogP) is -1.67. The highest BCUT2D eigenvalue weighted by Gasteiger charge is 2.47. The summed E-state index contributed by atoms with van der Waals surface area (Å²) in [6.45, 7) is 9.84.